The third-order valence-corrected chi connectivity index (χ3v) is 8.83. The van der Waals surface area contributed by atoms with Gasteiger partial charge in [-0.15, -0.1) is 0 Å². The molecular formula is C15H24P+. The van der Waals surface area contributed by atoms with Crippen molar-refractivity contribution in [2.45, 2.75) is 26.9 Å². The van der Waals surface area contributed by atoms with Crippen LogP contribution in [0.5, 0.6) is 0 Å². The van der Waals surface area contributed by atoms with Gasteiger partial charge < -0.3 is 0 Å². The first kappa shape index (κ1) is 13.5. The maximum atomic E-state index is 3.91. The van der Waals surface area contributed by atoms with Gasteiger partial charge in [-0.1, -0.05) is 36.9 Å². The lowest BCUT2D eigenvalue weighted by Gasteiger charge is -2.24. The van der Waals surface area contributed by atoms with Gasteiger partial charge in [-0.3, -0.25) is 0 Å². The Bertz CT molecular complexity index is 329. The van der Waals surface area contributed by atoms with Crippen molar-refractivity contribution in [3.8, 4) is 0 Å². The number of benzene rings is 1. The van der Waals surface area contributed by atoms with Gasteiger partial charge in [0.1, 0.15) is 0 Å². The van der Waals surface area contributed by atoms with Crippen molar-refractivity contribution >= 4 is 13.3 Å². The highest BCUT2D eigenvalue weighted by Crippen LogP contribution is 2.60. The van der Waals surface area contributed by atoms with E-state index in [1.165, 1.54) is 35.8 Å². The molecule has 0 amide bonds. The van der Waals surface area contributed by atoms with Crippen LogP contribution in [0.1, 0.15) is 31.9 Å². The summed E-state index contributed by atoms with van der Waals surface area (Å²) in [4.78, 5) is 0. The lowest BCUT2D eigenvalue weighted by molar-refractivity contribution is 1.22. The van der Waals surface area contributed by atoms with Gasteiger partial charge in [0, 0.05) is 7.26 Å². The summed E-state index contributed by atoms with van der Waals surface area (Å²) in [6, 6.07) is 8.70. The summed E-state index contributed by atoms with van der Waals surface area (Å²) in [6.07, 6.45) is 7.38. The van der Waals surface area contributed by atoms with Gasteiger partial charge in [0.25, 0.3) is 0 Å². The van der Waals surface area contributed by atoms with Crippen LogP contribution in [-0.4, -0.2) is 18.5 Å². The van der Waals surface area contributed by atoms with Gasteiger partial charge in [0.2, 0.25) is 0 Å². The minimum Gasteiger partial charge on any atom is -0.0985 e. The second-order valence-electron chi connectivity index (χ2n) is 4.35. The standard InChI is InChI=1S/C15H24P/c1-5-14-11-9-10-12-15(14)13-16(6-2,7-3)8-4/h5,9-12H,1,6-8,13H2,2-4H3/q+1. The molecule has 0 aliphatic carbocycles. The van der Waals surface area contributed by atoms with Crippen molar-refractivity contribution in [1.29, 1.82) is 0 Å². The van der Waals surface area contributed by atoms with Gasteiger partial charge in [-0.25, -0.2) is 0 Å². The van der Waals surface area contributed by atoms with E-state index in [9.17, 15) is 0 Å². The Morgan fingerprint density at radius 1 is 1.06 bits per heavy atom. The van der Waals surface area contributed by atoms with Crippen molar-refractivity contribution in [2.24, 2.45) is 0 Å². The number of hydrogen-bond acceptors (Lipinski definition) is 0. The smallest absolute Gasteiger partial charge is 0.0848 e. The second-order valence-corrected chi connectivity index (χ2v) is 9.25. The largest absolute Gasteiger partial charge is 0.0985 e. The van der Waals surface area contributed by atoms with Crippen molar-refractivity contribution in [3.63, 3.8) is 0 Å². The molecule has 88 valence electrons. The highest BCUT2D eigenvalue weighted by molar-refractivity contribution is 7.75. The van der Waals surface area contributed by atoms with E-state index in [-0.39, 0.29) is 0 Å². The fourth-order valence-electron chi connectivity index (χ4n) is 2.24. The average Bonchev–Trinajstić information content (AvgIpc) is 2.36. The minimum atomic E-state index is -0.749. The minimum absolute atomic E-state index is 0.749. The van der Waals surface area contributed by atoms with Crippen molar-refractivity contribution in [2.75, 3.05) is 18.5 Å². The summed E-state index contributed by atoms with van der Waals surface area (Å²) in [7, 11) is -0.749. The molecule has 0 N–H and O–H groups in total. The molecule has 0 aliphatic rings. The molecule has 0 unspecified atom stereocenters. The van der Waals surface area contributed by atoms with Gasteiger partial charge in [0.15, 0.2) is 0 Å². The fourth-order valence-corrected chi connectivity index (χ4v) is 5.27. The van der Waals surface area contributed by atoms with Crippen LogP contribution in [-0.2, 0) is 6.16 Å². The van der Waals surface area contributed by atoms with E-state index in [1.54, 1.807) is 0 Å². The van der Waals surface area contributed by atoms with E-state index in [0.29, 0.717) is 0 Å². The Morgan fingerprint density at radius 3 is 2.12 bits per heavy atom. The molecule has 1 aromatic rings. The predicted molar refractivity (Wildman–Crippen MR) is 78.8 cm³/mol. The van der Waals surface area contributed by atoms with Crippen LogP contribution in [0, 0.1) is 0 Å². The summed E-state index contributed by atoms with van der Waals surface area (Å²) in [5.41, 5.74) is 2.82. The second kappa shape index (κ2) is 6.21. The van der Waals surface area contributed by atoms with Crippen LogP contribution in [0.15, 0.2) is 30.8 Å². The monoisotopic (exact) mass is 235 g/mol. The van der Waals surface area contributed by atoms with E-state index in [4.69, 9.17) is 0 Å². The van der Waals surface area contributed by atoms with Crippen molar-refractivity contribution in [3.05, 3.63) is 42.0 Å². The molecule has 0 nitrogen and oxygen atoms in total. The molecule has 1 aromatic carbocycles. The van der Waals surface area contributed by atoms with Crippen LogP contribution < -0.4 is 0 Å². The van der Waals surface area contributed by atoms with Crippen molar-refractivity contribution < 1.29 is 0 Å². The summed E-state index contributed by atoms with van der Waals surface area (Å²) in [5.74, 6) is 0. The summed E-state index contributed by atoms with van der Waals surface area (Å²) < 4.78 is 0. The first-order chi connectivity index (χ1) is 7.71. The molecule has 0 spiro atoms. The maximum Gasteiger partial charge on any atom is 0.0848 e. The molecule has 0 saturated heterocycles. The number of rotatable bonds is 6. The molecule has 16 heavy (non-hydrogen) atoms. The fraction of sp³-hybridized carbons (Fsp3) is 0.467. The van der Waals surface area contributed by atoms with E-state index < -0.39 is 7.26 Å². The molecule has 1 rings (SSSR count). The topological polar surface area (TPSA) is 0 Å². The van der Waals surface area contributed by atoms with Gasteiger partial charge >= 0.3 is 0 Å². The molecule has 0 bridgehead atoms. The average molecular weight is 235 g/mol. The Labute approximate surface area is 101 Å². The predicted octanol–water partition coefficient (Wildman–Crippen LogP) is 4.91. The zero-order valence-electron chi connectivity index (χ0n) is 10.9. The van der Waals surface area contributed by atoms with Crippen molar-refractivity contribution in [1.82, 2.24) is 0 Å². The molecule has 0 aliphatic heterocycles. The van der Waals surface area contributed by atoms with Crippen LogP contribution in [0.25, 0.3) is 6.08 Å². The molecule has 0 heterocycles. The SMILES string of the molecule is C=Cc1ccccc1C[P+](CC)(CC)CC. The zero-order chi connectivity index (χ0) is 12.0. The van der Waals surface area contributed by atoms with Crippen LogP contribution in [0.2, 0.25) is 0 Å². The van der Waals surface area contributed by atoms with Gasteiger partial charge in [0.05, 0.1) is 24.6 Å². The molecule has 0 atom stereocenters. The van der Waals surface area contributed by atoms with Crippen LogP contribution in [0.3, 0.4) is 0 Å². The van der Waals surface area contributed by atoms with E-state index in [1.807, 2.05) is 6.08 Å². The molecular weight excluding hydrogens is 211 g/mol. The number of hydrogen-bond donors (Lipinski definition) is 0. The first-order valence-corrected chi connectivity index (χ1v) is 8.79. The Hall–Kier alpha value is -0.610. The quantitative estimate of drug-likeness (QED) is 0.615. The molecule has 0 radical (unpaired) electrons. The van der Waals surface area contributed by atoms with E-state index >= 15 is 0 Å². The molecule has 0 aromatic heterocycles. The Balaban J connectivity index is 2.97. The third-order valence-electron chi connectivity index (χ3n) is 3.79. The van der Waals surface area contributed by atoms with Gasteiger partial charge in [-0.2, -0.15) is 0 Å². The highest BCUT2D eigenvalue weighted by atomic mass is 31.2. The molecule has 1 heteroatoms. The lowest BCUT2D eigenvalue weighted by Crippen LogP contribution is -2.06. The normalized spacial score (nSPS) is 11.4. The maximum absolute atomic E-state index is 3.91. The third kappa shape index (κ3) is 2.95. The van der Waals surface area contributed by atoms with Crippen LogP contribution >= 0.6 is 7.26 Å². The van der Waals surface area contributed by atoms with E-state index in [2.05, 4.69) is 51.6 Å². The van der Waals surface area contributed by atoms with Crippen LogP contribution in [0.4, 0.5) is 0 Å². The van der Waals surface area contributed by atoms with E-state index in [0.717, 1.165) is 0 Å². The summed E-state index contributed by atoms with van der Waals surface area (Å²) >= 11 is 0. The molecule has 0 fully saturated rings. The van der Waals surface area contributed by atoms with Gasteiger partial charge in [-0.05, 0) is 31.9 Å². The summed E-state index contributed by atoms with van der Waals surface area (Å²) in [5, 5.41) is 0. The Kier molecular flexibility index (Phi) is 5.22. The zero-order valence-corrected chi connectivity index (χ0v) is 11.8. The highest BCUT2D eigenvalue weighted by Gasteiger charge is 2.31. The lowest BCUT2D eigenvalue weighted by atomic mass is 10.1. The summed E-state index contributed by atoms with van der Waals surface area (Å²) in [6.45, 7) is 11.0. The first-order valence-electron chi connectivity index (χ1n) is 6.26. The Morgan fingerprint density at radius 2 is 1.62 bits per heavy atom. The molecule has 0 saturated carbocycles.